The van der Waals surface area contributed by atoms with Crippen LogP contribution in [0.4, 0.5) is 4.79 Å². The lowest BCUT2D eigenvalue weighted by Crippen LogP contribution is -2.54. The molecule has 2 aliphatic heterocycles. The number of carbonyl (C=O) groups excluding carboxylic acids is 2. The van der Waals surface area contributed by atoms with Crippen LogP contribution in [-0.4, -0.2) is 79.9 Å². The van der Waals surface area contributed by atoms with E-state index in [1.165, 1.54) is 0 Å². The minimum Gasteiger partial charge on any atom is -0.444 e. The van der Waals surface area contributed by atoms with Crippen molar-refractivity contribution in [1.82, 2.24) is 15.1 Å². The van der Waals surface area contributed by atoms with E-state index in [2.05, 4.69) is 10.2 Å². The van der Waals surface area contributed by atoms with Gasteiger partial charge in [-0.2, -0.15) is 0 Å². The third kappa shape index (κ3) is 5.73. The van der Waals surface area contributed by atoms with Crippen molar-refractivity contribution in [2.24, 2.45) is 0 Å². The average molecular weight is 418 g/mol. The lowest BCUT2D eigenvalue weighted by Gasteiger charge is -2.41. The van der Waals surface area contributed by atoms with Gasteiger partial charge in [0, 0.05) is 39.3 Å². The lowest BCUT2D eigenvalue weighted by atomic mass is 9.72. The molecule has 3 rings (SSSR count). The summed E-state index contributed by atoms with van der Waals surface area (Å²) in [4.78, 5) is 29.9. The Kier molecular flexibility index (Phi) is 7.36. The molecule has 0 radical (unpaired) electrons. The molecule has 166 valence electrons. The summed E-state index contributed by atoms with van der Waals surface area (Å²) in [5.41, 5.74) is -0.134. The van der Waals surface area contributed by atoms with Gasteiger partial charge in [-0.3, -0.25) is 9.69 Å². The molecule has 7 nitrogen and oxygen atoms in total. The SMILES string of the molecule is CC(C)(C)OC(=O)N1CCC(C(=O)NCCN2CCOCC2)(c2ccccc2)CC1. The van der Waals surface area contributed by atoms with E-state index in [-0.39, 0.29) is 12.0 Å². The molecule has 1 aromatic rings. The van der Waals surface area contributed by atoms with E-state index in [0.717, 1.165) is 38.4 Å². The monoisotopic (exact) mass is 417 g/mol. The highest BCUT2D eigenvalue weighted by atomic mass is 16.6. The molecular weight excluding hydrogens is 382 g/mol. The number of nitrogens with zero attached hydrogens (tertiary/aromatic N) is 2. The van der Waals surface area contributed by atoms with Crippen molar-refractivity contribution in [1.29, 1.82) is 0 Å². The number of nitrogens with one attached hydrogen (secondary N) is 1. The second-order valence-corrected chi connectivity index (χ2v) is 9.13. The standard InChI is InChI=1S/C23H35N3O4/c1-22(2,3)30-21(28)26-12-9-23(10-13-26,19-7-5-4-6-8-19)20(27)24-11-14-25-15-17-29-18-16-25/h4-8H,9-18H2,1-3H3,(H,24,27). The fourth-order valence-electron chi connectivity index (χ4n) is 4.12. The molecule has 30 heavy (non-hydrogen) atoms. The maximum Gasteiger partial charge on any atom is 0.410 e. The van der Waals surface area contributed by atoms with Crippen LogP contribution in [0.25, 0.3) is 0 Å². The van der Waals surface area contributed by atoms with E-state index in [4.69, 9.17) is 9.47 Å². The van der Waals surface area contributed by atoms with Gasteiger partial charge in [0.2, 0.25) is 5.91 Å². The summed E-state index contributed by atoms with van der Waals surface area (Å²) in [7, 11) is 0. The predicted octanol–water partition coefficient (Wildman–Crippen LogP) is 2.40. The van der Waals surface area contributed by atoms with Gasteiger partial charge in [0.1, 0.15) is 5.60 Å². The number of rotatable bonds is 5. The zero-order chi connectivity index (χ0) is 21.6. The molecule has 0 spiro atoms. The van der Waals surface area contributed by atoms with Gasteiger partial charge in [-0.25, -0.2) is 4.79 Å². The van der Waals surface area contributed by atoms with E-state index in [0.29, 0.717) is 32.5 Å². The van der Waals surface area contributed by atoms with Crippen LogP contribution < -0.4 is 5.32 Å². The molecule has 2 heterocycles. The van der Waals surface area contributed by atoms with Gasteiger partial charge < -0.3 is 19.7 Å². The van der Waals surface area contributed by atoms with Gasteiger partial charge in [-0.1, -0.05) is 30.3 Å². The highest BCUT2D eigenvalue weighted by Gasteiger charge is 2.44. The maximum absolute atomic E-state index is 13.4. The lowest BCUT2D eigenvalue weighted by molar-refractivity contribution is -0.128. The van der Waals surface area contributed by atoms with Gasteiger partial charge in [0.05, 0.1) is 18.6 Å². The molecule has 2 fully saturated rings. The first kappa shape index (κ1) is 22.6. The number of morpholine rings is 1. The van der Waals surface area contributed by atoms with Crippen LogP contribution in [0.15, 0.2) is 30.3 Å². The van der Waals surface area contributed by atoms with E-state index >= 15 is 0 Å². The zero-order valence-electron chi connectivity index (χ0n) is 18.5. The van der Waals surface area contributed by atoms with Crippen molar-refractivity contribution in [2.45, 2.75) is 44.6 Å². The van der Waals surface area contributed by atoms with Crippen LogP contribution >= 0.6 is 0 Å². The van der Waals surface area contributed by atoms with Crippen LogP contribution in [0, 0.1) is 0 Å². The zero-order valence-corrected chi connectivity index (χ0v) is 18.5. The van der Waals surface area contributed by atoms with Crippen molar-refractivity contribution in [2.75, 3.05) is 52.5 Å². The molecule has 2 saturated heterocycles. The number of likely N-dealkylation sites (tertiary alicyclic amines) is 1. The number of benzene rings is 1. The molecule has 0 aliphatic carbocycles. The van der Waals surface area contributed by atoms with Crippen molar-refractivity contribution >= 4 is 12.0 Å². The van der Waals surface area contributed by atoms with Gasteiger partial charge >= 0.3 is 6.09 Å². The number of hydrogen-bond donors (Lipinski definition) is 1. The Morgan fingerprint density at radius 3 is 2.30 bits per heavy atom. The highest BCUT2D eigenvalue weighted by molar-refractivity contribution is 5.88. The van der Waals surface area contributed by atoms with E-state index in [9.17, 15) is 9.59 Å². The molecule has 7 heteroatoms. The molecule has 0 bridgehead atoms. The molecule has 2 amide bonds. The van der Waals surface area contributed by atoms with Crippen LogP contribution in [0.5, 0.6) is 0 Å². The Morgan fingerprint density at radius 2 is 1.70 bits per heavy atom. The first-order chi connectivity index (χ1) is 14.3. The third-order valence-electron chi connectivity index (χ3n) is 5.85. The Labute approximate surface area is 179 Å². The highest BCUT2D eigenvalue weighted by Crippen LogP contribution is 2.36. The summed E-state index contributed by atoms with van der Waals surface area (Å²) in [5.74, 6) is 0.0470. The number of ether oxygens (including phenoxy) is 2. The largest absolute Gasteiger partial charge is 0.444 e. The molecule has 1 aromatic carbocycles. The van der Waals surface area contributed by atoms with Gasteiger partial charge in [0.15, 0.2) is 0 Å². The van der Waals surface area contributed by atoms with Crippen LogP contribution in [0.2, 0.25) is 0 Å². The number of hydrogen-bond acceptors (Lipinski definition) is 5. The van der Waals surface area contributed by atoms with Crippen molar-refractivity contribution in [3.63, 3.8) is 0 Å². The summed E-state index contributed by atoms with van der Waals surface area (Å²) < 4.78 is 10.9. The van der Waals surface area contributed by atoms with E-state index in [1.54, 1.807) is 4.90 Å². The molecule has 0 unspecified atom stereocenters. The smallest absolute Gasteiger partial charge is 0.410 e. The van der Waals surface area contributed by atoms with E-state index < -0.39 is 11.0 Å². The summed E-state index contributed by atoms with van der Waals surface area (Å²) in [6.45, 7) is 11.4. The molecule has 0 saturated carbocycles. The second-order valence-electron chi connectivity index (χ2n) is 9.13. The Balaban J connectivity index is 1.64. The average Bonchev–Trinajstić information content (AvgIpc) is 2.74. The quantitative estimate of drug-likeness (QED) is 0.797. The van der Waals surface area contributed by atoms with Crippen LogP contribution in [0.1, 0.15) is 39.2 Å². The fourth-order valence-corrected chi connectivity index (χ4v) is 4.12. The van der Waals surface area contributed by atoms with Gasteiger partial charge in [-0.05, 0) is 39.2 Å². The summed E-state index contributed by atoms with van der Waals surface area (Å²) >= 11 is 0. The van der Waals surface area contributed by atoms with Gasteiger partial charge in [-0.15, -0.1) is 0 Å². The molecular formula is C23H35N3O4. The number of amides is 2. The molecule has 0 atom stereocenters. The number of piperidine rings is 1. The van der Waals surface area contributed by atoms with Crippen molar-refractivity contribution < 1.29 is 19.1 Å². The van der Waals surface area contributed by atoms with Crippen LogP contribution in [0.3, 0.4) is 0 Å². The second kappa shape index (κ2) is 9.79. The first-order valence-electron chi connectivity index (χ1n) is 10.9. The minimum atomic E-state index is -0.620. The molecule has 1 N–H and O–H groups in total. The third-order valence-corrected chi connectivity index (χ3v) is 5.85. The van der Waals surface area contributed by atoms with E-state index in [1.807, 2.05) is 51.1 Å². The topological polar surface area (TPSA) is 71.1 Å². The predicted molar refractivity (Wildman–Crippen MR) is 115 cm³/mol. The van der Waals surface area contributed by atoms with Crippen molar-refractivity contribution in [3.05, 3.63) is 35.9 Å². The maximum atomic E-state index is 13.4. The van der Waals surface area contributed by atoms with Gasteiger partial charge in [0.25, 0.3) is 0 Å². The molecule has 0 aromatic heterocycles. The normalized spacial score (nSPS) is 19.9. The van der Waals surface area contributed by atoms with Crippen LogP contribution in [-0.2, 0) is 19.7 Å². The summed E-state index contributed by atoms with van der Waals surface area (Å²) in [6, 6.07) is 9.94. The fraction of sp³-hybridized carbons (Fsp3) is 0.652. The summed E-state index contributed by atoms with van der Waals surface area (Å²) in [6.07, 6.45) is 0.858. The Bertz CT molecular complexity index is 703. The van der Waals surface area contributed by atoms with Crippen molar-refractivity contribution in [3.8, 4) is 0 Å². The summed E-state index contributed by atoms with van der Waals surface area (Å²) in [5, 5.41) is 3.17. The Morgan fingerprint density at radius 1 is 1.07 bits per heavy atom. The number of carbonyl (C=O) groups is 2. The first-order valence-corrected chi connectivity index (χ1v) is 10.9. The molecule has 2 aliphatic rings. The minimum absolute atomic E-state index is 0.0470. The Hall–Kier alpha value is -2.12.